The number of ether oxygens (including phenoxy) is 1. The van der Waals surface area contributed by atoms with Gasteiger partial charge in [0.05, 0.1) is 18.8 Å². The second kappa shape index (κ2) is 5.89. The molecule has 0 bridgehead atoms. The molecule has 0 aliphatic carbocycles. The van der Waals surface area contributed by atoms with Gasteiger partial charge in [-0.2, -0.15) is 13.2 Å². The summed E-state index contributed by atoms with van der Waals surface area (Å²) in [5.74, 6) is 0. The van der Waals surface area contributed by atoms with Crippen molar-refractivity contribution in [3.8, 4) is 0 Å². The van der Waals surface area contributed by atoms with Crippen LogP contribution < -0.4 is 4.90 Å². The highest BCUT2D eigenvalue weighted by Gasteiger charge is 2.35. The fraction of sp³-hybridized carbons (Fsp3) is 0.400. The lowest BCUT2D eigenvalue weighted by Gasteiger charge is -2.36. The number of morpholine rings is 1. The van der Waals surface area contributed by atoms with E-state index in [0.29, 0.717) is 29.6 Å². The Labute approximate surface area is 130 Å². The van der Waals surface area contributed by atoms with Crippen molar-refractivity contribution in [2.24, 2.45) is 0 Å². The van der Waals surface area contributed by atoms with Gasteiger partial charge in [-0.1, -0.05) is 41.7 Å². The first-order valence-corrected chi connectivity index (χ1v) is 7.73. The van der Waals surface area contributed by atoms with Crippen LogP contribution in [0.2, 0.25) is 0 Å². The first kappa shape index (κ1) is 15.3. The Morgan fingerprint density at radius 2 is 1.95 bits per heavy atom. The molecule has 2 heterocycles. The van der Waals surface area contributed by atoms with Gasteiger partial charge in [0.2, 0.25) is 0 Å². The molecule has 1 aromatic carbocycles. The maximum absolute atomic E-state index is 12.7. The van der Waals surface area contributed by atoms with Gasteiger partial charge in [0.1, 0.15) is 11.0 Å². The molecule has 1 aliphatic heterocycles. The van der Waals surface area contributed by atoms with Crippen molar-refractivity contribution in [1.82, 2.24) is 4.98 Å². The van der Waals surface area contributed by atoms with E-state index in [4.69, 9.17) is 4.74 Å². The minimum atomic E-state index is -4.34. The Morgan fingerprint density at radius 1 is 1.23 bits per heavy atom. The van der Waals surface area contributed by atoms with E-state index in [1.54, 1.807) is 0 Å². The van der Waals surface area contributed by atoms with E-state index < -0.39 is 11.1 Å². The van der Waals surface area contributed by atoms with Crippen LogP contribution in [-0.2, 0) is 10.9 Å². The van der Waals surface area contributed by atoms with Crippen LogP contribution in [0.4, 0.5) is 18.3 Å². The highest BCUT2D eigenvalue weighted by Crippen LogP contribution is 2.38. The molecule has 118 valence electrons. The third-order valence-corrected chi connectivity index (χ3v) is 4.58. The van der Waals surface area contributed by atoms with Gasteiger partial charge in [-0.25, -0.2) is 4.98 Å². The van der Waals surface area contributed by atoms with Crippen LogP contribution in [-0.4, -0.2) is 24.2 Å². The Morgan fingerprint density at radius 3 is 2.59 bits per heavy atom. The van der Waals surface area contributed by atoms with Crippen molar-refractivity contribution in [1.29, 1.82) is 0 Å². The molecule has 1 aromatic heterocycles. The summed E-state index contributed by atoms with van der Waals surface area (Å²) in [6, 6.07) is 9.69. The molecule has 0 amide bonds. The number of hydrogen-bond acceptors (Lipinski definition) is 4. The summed E-state index contributed by atoms with van der Waals surface area (Å²) in [5, 5.41) is 0.392. The fourth-order valence-corrected chi connectivity index (χ4v) is 3.30. The number of benzene rings is 1. The number of hydrogen-bond donors (Lipinski definition) is 0. The van der Waals surface area contributed by atoms with Crippen LogP contribution >= 0.6 is 11.3 Å². The van der Waals surface area contributed by atoms with Gasteiger partial charge in [-0.3, -0.25) is 0 Å². The number of aromatic nitrogens is 1. The summed E-state index contributed by atoms with van der Waals surface area (Å²) >= 11 is 0.680. The van der Waals surface area contributed by atoms with Gasteiger partial charge in [-0.15, -0.1) is 0 Å². The van der Waals surface area contributed by atoms with Gasteiger partial charge in [-0.05, 0) is 12.5 Å². The first-order valence-electron chi connectivity index (χ1n) is 6.92. The average Bonchev–Trinajstić information content (AvgIpc) is 2.97. The van der Waals surface area contributed by atoms with Crippen molar-refractivity contribution in [3.63, 3.8) is 0 Å². The van der Waals surface area contributed by atoms with Gasteiger partial charge < -0.3 is 9.64 Å². The van der Waals surface area contributed by atoms with Crippen LogP contribution in [0, 0.1) is 0 Å². The molecular weight excluding hydrogens is 313 g/mol. The first-order chi connectivity index (χ1) is 10.4. The third kappa shape index (κ3) is 3.25. The molecule has 2 atom stereocenters. The van der Waals surface area contributed by atoms with Crippen LogP contribution in [0.25, 0.3) is 0 Å². The molecule has 0 radical (unpaired) electrons. The highest BCUT2D eigenvalue weighted by molar-refractivity contribution is 7.15. The quantitative estimate of drug-likeness (QED) is 0.829. The van der Waals surface area contributed by atoms with Crippen molar-refractivity contribution in [2.45, 2.75) is 25.3 Å². The number of alkyl halides is 3. The summed E-state index contributed by atoms with van der Waals surface area (Å²) in [4.78, 5) is 5.14. The summed E-state index contributed by atoms with van der Waals surface area (Å²) in [6.45, 7) is 2.95. The van der Waals surface area contributed by atoms with E-state index in [1.165, 1.54) is 0 Å². The zero-order valence-corrected chi connectivity index (χ0v) is 12.7. The molecule has 1 fully saturated rings. The van der Waals surface area contributed by atoms with Gasteiger partial charge in [0, 0.05) is 6.54 Å². The number of thiazole rings is 1. The Kier molecular flexibility index (Phi) is 4.10. The second-order valence-electron chi connectivity index (χ2n) is 5.26. The number of nitrogens with zero attached hydrogens (tertiary/aromatic N) is 2. The van der Waals surface area contributed by atoms with E-state index in [2.05, 4.69) is 4.98 Å². The Balaban J connectivity index is 1.80. The largest absolute Gasteiger partial charge is 0.427 e. The number of halogens is 3. The highest BCUT2D eigenvalue weighted by atomic mass is 32.1. The molecule has 7 heteroatoms. The van der Waals surface area contributed by atoms with E-state index in [-0.39, 0.29) is 12.2 Å². The Hall–Kier alpha value is -1.60. The lowest BCUT2D eigenvalue weighted by atomic mass is 10.1. The summed E-state index contributed by atoms with van der Waals surface area (Å²) in [6.07, 6.45) is -3.68. The molecule has 0 spiro atoms. The van der Waals surface area contributed by atoms with Crippen LogP contribution in [0.5, 0.6) is 0 Å². The summed E-state index contributed by atoms with van der Waals surface area (Å²) in [5.41, 5.74) is 1.02. The lowest BCUT2D eigenvalue weighted by Crippen LogP contribution is -2.42. The van der Waals surface area contributed by atoms with Crippen molar-refractivity contribution in [2.75, 3.05) is 18.0 Å². The van der Waals surface area contributed by atoms with Crippen LogP contribution in [0.3, 0.4) is 0 Å². The zero-order chi connectivity index (χ0) is 15.7. The average molecular weight is 328 g/mol. The van der Waals surface area contributed by atoms with E-state index in [1.807, 2.05) is 42.2 Å². The Bertz CT molecular complexity index is 629. The molecule has 22 heavy (non-hydrogen) atoms. The second-order valence-corrected chi connectivity index (χ2v) is 6.26. The molecule has 0 N–H and O–H groups in total. The van der Waals surface area contributed by atoms with Gasteiger partial charge in [0.15, 0.2) is 5.13 Å². The normalized spacial score (nSPS) is 22.8. The molecule has 2 aromatic rings. The third-order valence-electron chi connectivity index (χ3n) is 3.48. The fourth-order valence-electron chi connectivity index (χ4n) is 2.50. The summed E-state index contributed by atoms with van der Waals surface area (Å²) in [7, 11) is 0. The zero-order valence-electron chi connectivity index (χ0n) is 11.9. The predicted molar refractivity (Wildman–Crippen MR) is 79.1 cm³/mol. The van der Waals surface area contributed by atoms with Crippen molar-refractivity contribution >= 4 is 16.5 Å². The van der Waals surface area contributed by atoms with E-state index in [9.17, 15) is 13.2 Å². The lowest BCUT2D eigenvalue weighted by molar-refractivity contribution is -0.134. The minimum absolute atomic E-state index is 0.0720. The number of rotatable bonds is 2. The van der Waals surface area contributed by atoms with Crippen molar-refractivity contribution < 1.29 is 17.9 Å². The molecule has 3 rings (SSSR count). The maximum atomic E-state index is 12.7. The minimum Gasteiger partial charge on any atom is -0.367 e. The monoisotopic (exact) mass is 328 g/mol. The molecule has 2 unspecified atom stereocenters. The smallest absolute Gasteiger partial charge is 0.367 e. The van der Waals surface area contributed by atoms with Crippen LogP contribution in [0.1, 0.15) is 23.5 Å². The van der Waals surface area contributed by atoms with Gasteiger partial charge in [0.25, 0.3) is 0 Å². The van der Waals surface area contributed by atoms with Gasteiger partial charge >= 0.3 is 6.18 Å². The molecular formula is C15H15F3N2OS. The molecule has 1 aliphatic rings. The summed E-state index contributed by atoms with van der Waals surface area (Å²) < 4.78 is 44.1. The molecule has 3 nitrogen and oxygen atoms in total. The maximum Gasteiger partial charge on any atom is 0.427 e. The molecule has 0 saturated carbocycles. The predicted octanol–water partition coefficient (Wildman–Crippen LogP) is 4.13. The van der Waals surface area contributed by atoms with Crippen molar-refractivity contribution in [3.05, 3.63) is 47.0 Å². The number of anilines is 1. The molecule has 1 saturated heterocycles. The SMILES string of the molecule is CC1CN(c2ncc(C(F)(F)F)s2)CC(c2ccccc2)O1. The van der Waals surface area contributed by atoms with Crippen LogP contribution in [0.15, 0.2) is 36.5 Å². The van der Waals surface area contributed by atoms with E-state index in [0.717, 1.165) is 11.8 Å². The standard InChI is InChI=1S/C15H15F3N2OS/c1-10-8-20(14-19-7-13(22-14)15(16,17)18)9-12(21-10)11-5-3-2-4-6-11/h2-7,10,12H,8-9H2,1H3. The topological polar surface area (TPSA) is 25.4 Å². The van der Waals surface area contributed by atoms with E-state index >= 15 is 0 Å².